The summed E-state index contributed by atoms with van der Waals surface area (Å²) >= 11 is 11.2. The van der Waals surface area contributed by atoms with Crippen molar-refractivity contribution in [3.05, 3.63) is 39.6 Å². The summed E-state index contributed by atoms with van der Waals surface area (Å²) in [4.78, 5) is 24.1. The molecule has 0 saturated carbocycles. The molecular weight excluding hydrogens is 268 g/mol. The van der Waals surface area contributed by atoms with Gasteiger partial charge in [-0.3, -0.25) is 9.59 Å². The Morgan fingerprint density at radius 1 is 1.18 bits per heavy atom. The molecular formula is C11H6Cl2FNO2. The lowest BCUT2D eigenvalue weighted by Gasteiger charge is -2.15. The van der Waals surface area contributed by atoms with E-state index in [0.29, 0.717) is 5.57 Å². The minimum Gasteiger partial charge on any atom is -0.269 e. The fourth-order valence-electron chi connectivity index (χ4n) is 1.50. The van der Waals surface area contributed by atoms with Gasteiger partial charge in [0.2, 0.25) is 0 Å². The Labute approximate surface area is 106 Å². The first-order valence-corrected chi connectivity index (χ1v) is 5.38. The highest BCUT2D eigenvalue weighted by Crippen LogP contribution is 2.31. The van der Waals surface area contributed by atoms with Crippen LogP contribution in [0.15, 0.2) is 23.8 Å². The van der Waals surface area contributed by atoms with Gasteiger partial charge < -0.3 is 0 Å². The molecule has 3 nitrogen and oxygen atoms in total. The van der Waals surface area contributed by atoms with Gasteiger partial charge in [0.1, 0.15) is 0 Å². The van der Waals surface area contributed by atoms with Crippen LogP contribution in [0.5, 0.6) is 0 Å². The van der Waals surface area contributed by atoms with Crippen LogP contribution in [-0.4, -0.2) is 11.8 Å². The average Bonchev–Trinajstić information content (AvgIpc) is 2.49. The van der Waals surface area contributed by atoms with Gasteiger partial charge in [-0.15, -0.1) is 0 Å². The number of rotatable bonds is 1. The highest BCUT2D eigenvalue weighted by Gasteiger charge is 2.30. The molecule has 17 heavy (non-hydrogen) atoms. The van der Waals surface area contributed by atoms with Crippen molar-refractivity contribution < 1.29 is 14.0 Å². The van der Waals surface area contributed by atoms with Gasteiger partial charge in [-0.2, -0.15) is 0 Å². The SMILES string of the molecule is CC1=CC(=O)N(c2cc(Cl)c(F)c(Cl)c2)C1=O. The Morgan fingerprint density at radius 2 is 1.71 bits per heavy atom. The highest BCUT2D eigenvalue weighted by molar-refractivity contribution is 6.36. The van der Waals surface area contributed by atoms with Crippen molar-refractivity contribution in [2.45, 2.75) is 6.92 Å². The fourth-order valence-corrected chi connectivity index (χ4v) is 1.98. The van der Waals surface area contributed by atoms with Gasteiger partial charge in [-0.25, -0.2) is 9.29 Å². The van der Waals surface area contributed by atoms with Crippen LogP contribution in [0.25, 0.3) is 0 Å². The van der Waals surface area contributed by atoms with E-state index in [9.17, 15) is 14.0 Å². The minimum absolute atomic E-state index is 0.157. The standard InChI is InChI=1S/C11H6Cl2FNO2/c1-5-2-9(16)15(11(5)17)6-3-7(12)10(14)8(13)4-6/h2-4H,1H3. The number of hydrogen-bond donors (Lipinski definition) is 0. The fraction of sp³-hybridized carbons (Fsp3) is 0.0909. The molecule has 0 unspecified atom stereocenters. The van der Waals surface area contributed by atoms with Crippen LogP contribution < -0.4 is 4.90 Å². The van der Waals surface area contributed by atoms with Crippen LogP contribution in [-0.2, 0) is 9.59 Å². The molecule has 0 atom stereocenters. The van der Waals surface area contributed by atoms with E-state index in [2.05, 4.69) is 0 Å². The van der Waals surface area contributed by atoms with E-state index in [1.165, 1.54) is 25.1 Å². The topological polar surface area (TPSA) is 37.4 Å². The molecule has 1 aromatic rings. The summed E-state index contributed by atoms with van der Waals surface area (Å²) in [5, 5.41) is -0.477. The predicted molar refractivity (Wildman–Crippen MR) is 62.7 cm³/mol. The van der Waals surface area contributed by atoms with Crippen molar-refractivity contribution in [2.24, 2.45) is 0 Å². The molecule has 6 heteroatoms. The zero-order valence-electron chi connectivity index (χ0n) is 8.63. The number of hydrogen-bond acceptors (Lipinski definition) is 2. The van der Waals surface area contributed by atoms with Crippen molar-refractivity contribution in [2.75, 3.05) is 4.90 Å². The van der Waals surface area contributed by atoms with Crippen LogP contribution in [0, 0.1) is 5.82 Å². The van der Waals surface area contributed by atoms with Gasteiger partial charge in [0.05, 0.1) is 15.7 Å². The van der Waals surface area contributed by atoms with Crippen molar-refractivity contribution in [3.63, 3.8) is 0 Å². The maximum absolute atomic E-state index is 13.2. The first-order valence-electron chi connectivity index (χ1n) is 4.63. The third kappa shape index (κ3) is 1.94. The second-order valence-corrected chi connectivity index (χ2v) is 4.34. The molecule has 0 aliphatic carbocycles. The Balaban J connectivity index is 2.50. The van der Waals surface area contributed by atoms with Crippen LogP contribution in [0.3, 0.4) is 0 Å². The van der Waals surface area contributed by atoms with Crippen LogP contribution >= 0.6 is 23.2 Å². The van der Waals surface area contributed by atoms with Crippen molar-refractivity contribution in [1.82, 2.24) is 0 Å². The lowest BCUT2D eigenvalue weighted by molar-refractivity contribution is -0.120. The molecule has 0 aromatic heterocycles. The zero-order valence-corrected chi connectivity index (χ0v) is 10.1. The lowest BCUT2D eigenvalue weighted by atomic mass is 10.2. The van der Waals surface area contributed by atoms with Crippen molar-refractivity contribution in [3.8, 4) is 0 Å². The quantitative estimate of drug-likeness (QED) is 0.583. The number of benzene rings is 1. The summed E-state index contributed by atoms with van der Waals surface area (Å²) in [6, 6.07) is 2.37. The average molecular weight is 274 g/mol. The van der Waals surface area contributed by atoms with E-state index in [1.54, 1.807) is 0 Å². The van der Waals surface area contributed by atoms with Gasteiger partial charge in [-0.1, -0.05) is 23.2 Å². The van der Waals surface area contributed by atoms with Gasteiger partial charge in [0.15, 0.2) is 5.82 Å². The molecule has 88 valence electrons. The van der Waals surface area contributed by atoms with E-state index in [1.807, 2.05) is 0 Å². The summed E-state index contributed by atoms with van der Waals surface area (Å²) < 4.78 is 13.2. The highest BCUT2D eigenvalue weighted by atomic mass is 35.5. The number of imide groups is 1. The minimum atomic E-state index is -0.777. The Bertz CT molecular complexity index is 546. The molecule has 1 aromatic carbocycles. The van der Waals surface area contributed by atoms with E-state index >= 15 is 0 Å². The summed E-state index contributed by atoms with van der Waals surface area (Å²) in [5.74, 6) is -1.74. The Kier molecular flexibility index (Phi) is 2.93. The second-order valence-electron chi connectivity index (χ2n) is 3.53. The Hall–Kier alpha value is -1.39. The van der Waals surface area contributed by atoms with Gasteiger partial charge in [-0.05, 0) is 19.1 Å². The molecule has 1 aliphatic heterocycles. The van der Waals surface area contributed by atoms with E-state index in [4.69, 9.17) is 23.2 Å². The van der Waals surface area contributed by atoms with Crippen LogP contribution in [0.2, 0.25) is 10.0 Å². The van der Waals surface area contributed by atoms with Crippen LogP contribution in [0.1, 0.15) is 6.92 Å². The Morgan fingerprint density at radius 3 is 2.12 bits per heavy atom. The first kappa shape index (κ1) is 12.1. The molecule has 1 heterocycles. The molecule has 0 fully saturated rings. The maximum Gasteiger partial charge on any atom is 0.261 e. The van der Waals surface area contributed by atoms with Crippen molar-refractivity contribution >= 4 is 40.7 Å². The van der Waals surface area contributed by atoms with Gasteiger partial charge in [0.25, 0.3) is 11.8 Å². The number of nitrogens with zero attached hydrogens (tertiary/aromatic N) is 1. The van der Waals surface area contributed by atoms with E-state index < -0.39 is 17.6 Å². The predicted octanol–water partition coefficient (Wildman–Crippen LogP) is 2.95. The van der Waals surface area contributed by atoms with E-state index in [-0.39, 0.29) is 15.7 Å². The number of anilines is 1. The number of carbonyl (C=O) groups excluding carboxylic acids is 2. The number of amides is 2. The maximum atomic E-state index is 13.2. The summed E-state index contributed by atoms with van der Waals surface area (Å²) in [7, 11) is 0. The normalized spacial score (nSPS) is 15.5. The summed E-state index contributed by atoms with van der Waals surface area (Å²) in [6.07, 6.45) is 1.20. The smallest absolute Gasteiger partial charge is 0.261 e. The largest absolute Gasteiger partial charge is 0.269 e. The molecule has 0 radical (unpaired) electrons. The molecule has 0 N–H and O–H groups in total. The molecule has 0 bridgehead atoms. The number of carbonyl (C=O) groups is 2. The summed E-state index contributed by atoms with van der Waals surface area (Å²) in [5.41, 5.74) is 0.469. The molecule has 0 saturated heterocycles. The third-order valence-electron chi connectivity index (χ3n) is 2.33. The molecule has 2 rings (SSSR count). The zero-order chi connectivity index (χ0) is 12.7. The molecule has 0 spiro atoms. The molecule has 2 amide bonds. The second kappa shape index (κ2) is 4.13. The monoisotopic (exact) mass is 273 g/mol. The van der Waals surface area contributed by atoms with Crippen molar-refractivity contribution in [1.29, 1.82) is 0 Å². The van der Waals surface area contributed by atoms with Crippen LogP contribution in [0.4, 0.5) is 10.1 Å². The first-order chi connectivity index (χ1) is 7.91. The van der Waals surface area contributed by atoms with Gasteiger partial charge in [0, 0.05) is 11.6 Å². The van der Waals surface area contributed by atoms with Gasteiger partial charge >= 0.3 is 0 Å². The molecule has 1 aliphatic rings. The number of halogens is 3. The lowest BCUT2D eigenvalue weighted by Crippen LogP contribution is -2.30. The third-order valence-corrected chi connectivity index (χ3v) is 2.88. The van der Waals surface area contributed by atoms with E-state index in [0.717, 1.165) is 4.90 Å². The summed E-state index contributed by atoms with van der Waals surface area (Å²) in [6.45, 7) is 1.52.